The van der Waals surface area contributed by atoms with Gasteiger partial charge >= 0.3 is 0 Å². The average Bonchev–Trinajstić information content (AvgIpc) is 3.24. The molecule has 1 unspecified atom stereocenters. The number of aliphatic hydroxyl groups excluding tert-OH is 2. The lowest BCUT2D eigenvalue weighted by atomic mass is 9.96. The first-order chi connectivity index (χ1) is 17.5. The standard InChI is InChI=1S/C27H27FN2O6S/c1-16(32)18-5-4-6-19(13-18)21-14-22-24(15-23(21)30(11-12-31)37(3,34)35)36-26(25(22)27(33)29-2)17-7-9-20(28)10-8-17/h4-10,13-16,31-32H,11-12H2,1-3H3,(H,29,33). The Morgan fingerprint density at radius 1 is 1.11 bits per heavy atom. The molecule has 194 valence electrons. The number of nitrogens with zero attached hydrogens (tertiary/aromatic N) is 1. The van der Waals surface area contributed by atoms with E-state index in [-0.39, 0.29) is 29.1 Å². The van der Waals surface area contributed by atoms with Crippen LogP contribution in [0.15, 0.2) is 65.1 Å². The largest absolute Gasteiger partial charge is 0.455 e. The molecule has 0 radical (unpaired) electrons. The molecule has 1 atom stereocenters. The molecule has 10 heteroatoms. The monoisotopic (exact) mass is 526 g/mol. The van der Waals surface area contributed by atoms with Crippen molar-refractivity contribution in [1.82, 2.24) is 5.32 Å². The van der Waals surface area contributed by atoms with Crippen molar-refractivity contribution in [3.05, 3.63) is 77.6 Å². The number of nitrogens with one attached hydrogen (secondary N) is 1. The first-order valence-electron chi connectivity index (χ1n) is 11.5. The van der Waals surface area contributed by atoms with Gasteiger partial charge in [-0.05, 0) is 54.4 Å². The fraction of sp³-hybridized carbons (Fsp3) is 0.222. The molecule has 0 aliphatic heterocycles. The summed E-state index contributed by atoms with van der Waals surface area (Å²) < 4.78 is 46.2. The van der Waals surface area contributed by atoms with Crippen LogP contribution in [-0.4, -0.2) is 51.0 Å². The third-order valence-corrected chi connectivity index (χ3v) is 7.20. The van der Waals surface area contributed by atoms with E-state index in [1.54, 1.807) is 37.3 Å². The normalized spacial score (nSPS) is 12.5. The summed E-state index contributed by atoms with van der Waals surface area (Å²) in [6.07, 6.45) is 0.265. The van der Waals surface area contributed by atoms with Gasteiger partial charge in [0.05, 0.1) is 36.8 Å². The first kappa shape index (κ1) is 26.3. The van der Waals surface area contributed by atoms with Crippen LogP contribution in [0.5, 0.6) is 0 Å². The van der Waals surface area contributed by atoms with Gasteiger partial charge < -0.3 is 19.9 Å². The quantitative estimate of drug-likeness (QED) is 0.318. The minimum Gasteiger partial charge on any atom is -0.455 e. The van der Waals surface area contributed by atoms with Gasteiger partial charge in [0.2, 0.25) is 10.0 Å². The van der Waals surface area contributed by atoms with Crippen LogP contribution in [0.4, 0.5) is 10.1 Å². The molecule has 0 aliphatic rings. The smallest absolute Gasteiger partial charge is 0.255 e. The van der Waals surface area contributed by atoms with Gasteiger partial charge in [0, 0.05) is 29.6 Å². The summed E-state index contributed by atoms with van der Waals surface area (Å²) in [5.74, 6) is -0.690. The van der Waals surface area contributed by atoms with Crippen LogP contribution in [0, 0.1) is 5.82 Å². The lowest BCUT2D eigenvalue weighted by Crippen LogP contribution is -2.33. The number of furan rings is 1. The molecule has 0 fully saturated rings. The number of aliphatic hydroxyl groups is 2. The second-order valence-electron chi connectivity index (χ2n) is 8.62. The first-order valence-corrected chi connectivity index (χ1v) is 13.4. The molecule has 3 aromatic carbocycles. The number of sulfonamides is 1. The number of rotatable bonds is 8. The molecule has 0 saturated carbocycles. The van der Waals surface area contributed by atoms with Crippen molar-refractivity contribution in [2.24, 2.45) is 0 Å². The Hall–Kier alpha value is -3.73. The lowest BCUT2D eigenvalue weighted by molar-refractivity contribution is 0.0964. The molecule has 0 aliphatic carbocycles. The van der Waals surface area contributed by atoms with Crippen LogP contribution >= 0.6 is 0 Å². The molecular formula is C27H27FN2O6S. The Bertz CT molecular complexity index is 1560. The number of benzene rings is 3. The topological polar surface area (TPSA) is 120 Å². The molecule has 1 amide bonds. The summed E-state index contributed by atoms with van der Waals surface area (Å²) >= 11 is 0. The van der Waals surface area contributed by atoms with Crippen molar-refractivity contribution < 1.29 is 32.2 Å². The second-order valence-corrected chi connectivity index (χ2v) is 10.5. The number of carbonyl (C=O) groups excluding carboxylic acids is 1. The van der Waals surface area contributed by atoms with E-state index in [0.717, 1.165) is 10.6 Å². The molecule has 1 aromatic heterocycles. The van der Waals surface area contributed by atoms with Crippen molar-refractivity contribution in [3.8, 4) is 22.5 Å². The van der Waals surface area contributed by atoms with E-state index in [1.165, 1.54) is 37.4 Å². The van der Waals surface area contributed by atoms with E-state index in [1.807, 2.05) is 0 Å². The summed E-state index contributed by atoms with van der Waals surface area (Å²) in [5, 5.41) is 22.8. The molecule has 37 heavy (non-hydrogen) atoms. The maximum Gasteiger partial charge on any atom is 0.255 e. The van der Waals surface area contributed by atoms with E-state index < -0.39 is 34.5 Å². The van der Waals surface area contributed by atoms with Gasteiger partial charge in [0.1, 0.15) is 17.2 Å². The van der Waals surface area contributed by atoms with E-state index in [9.17, 15) is 27.8 Å². The van der Waals surface area contributed by atoms with Crippen LogP contribution < -0.4 is 9.62 Å². The maximum absolute atomic E-state index is 13.6. The molecule has 1 heterocycles. The fourth-order valence-electron chi connectivity index (χ4n) is 4.25. The minimum atomic E-state index is -3.83. The number of amides is 1. The van der Waals surface area contributed by atoms with Crippen LogP contribution in [0.2, 0.25) is 0 Å². The number of anilines is 1. The zero-order chi connectivity index (χ0) is 26.9. The van der Waals surface area contributed by atoms with Crippen molar-refractivity contribution >= 4 is 32.6 Å². The second kappa shape index (κ2) is 10.3. The third-order valence-electron chi connectivity index (χ3n) is 6.02. The zero-order valence-corrected chi connectivity index (χ0v) is 21.3. The van der Waals surface area contributed by atoms with Crippen molar-refractivity contribution in [1.29, 1.82) is 0 Å². The van der Waals surface area contributed by atoms with Crippen LogP contribution in [0.1, 0.15) is 28.9 Å². The number of carbonyl (C=O) groups is 1. The Kier molecular flexibility index (Phi) is 7.35. The zero-order valence-electron chi connectivity index (χ0n) is 20.5. The molecular weight excluding hydrogens is 499 g/mol. The Balaban J connectivity index is 2.10. The summed E-state index contributed by atoms with van der Waals surface area (Å²) in [5.41, 5.74) is 2.79. The van der Waals surface area contributed by atoms with Crippen molar-refractivity contribution in [3.63, 3.8) is 0 Å². The molecule has 4 aromatic rings. The Morgan fingerprint density at radius 3 is 2.41 bits per heavy atom. The minimum absolute atomic E-state index is 0.197. The van der Waals surface area contributed by atoms with Crippen LogP contribution in [0.3, 0.4) is 0 Å². The van der Waals surface area contributed by atoms with Crippen LogP contribution in [-0.2, 0) is 10.0 Å². The molecule has 4 rings (SSSR count). The molecule has 0 saturated heterocycles. The van der Waals surface area contributed by atoms with Gasteiger partial charge in [0.25, 0.3) is 5.91 Å². The molecule has 0 spiro atoms. The highest BCUT2D eigenvalue weighted by atomic mass is 32.2. The van der Waals surface area contributed by atoms with Crippen molar-refractivity contribution in [2.75, 3.05) is 30.8 Å². The number of fused-ring (bicyclic) bond motifs is 1. The van der Waals surface area contributed by atoms with Gasteiger partial charge in [-0.25, -0.2) is 12.8 Å². The number of hydrogen-bond acceptors (Lipinski definition) is 6. The molecule has 8 nitrogen and oxygen atoms in total. The highest BCUT2D eigenvalue weighted by Gasteiger charge is 2.27. The highest BCUT2D eigenvalue weighted by Crippen LogP contribution is 2.42. The van der Waals surface area contributed by atoms with E-state index >= 15 is 0 Å². The fourth-order valence-corrected chi connectivity index (χ4v) is 5.17. The Labute approximate surface area is 214 Å². The predicted octanol–water partition coefficient (Wildman–Crippen LogP) is 4.08. The van der Waals surface area contributed by atoms with E-state index in [0.29, 0.717) is 27.6 Å². The third kappa shape index (κ3) is 5.22. The summed E-state index contributed by atoms with van der Waals surface area (Å²) in [6, 6.07) is 15.6. The van der Waals surface area contributed by atoms with Gasteiger partial charge in [-0.3, -0.25) is 9.10 Å². The van der Waals surface area contributed by atoms with E-state index in [4.69, 9.17) is 4.42 Å². The van der Waals surface area contributed by atoms with Gasteiger partial charge in [-0.1, -0.05) is 18.2 Å². The van der Waals surface area contributed by atoms with E-state index in [2.05, 4.69) is 5.32 Å². The number of hydrogen-bond donors (Lipinski definition) is 3. The van der Waals surface area contributed by atoms with Gasteiger partial charge in [0.15, 0.2) is 0 Å². The summed E-state index contributed by atoms with van der Waals surface area (Å²) in [4.78, 5) is 13.0. The maximum atomic E-state index is 13.6. The average molecular weight is 527 g/mol. The lowest BCUT2D eigenvalue weighted by Gasteiger charge is -2.24. The summed E-state index contributed by atoms with van der Waals surface area (Å²) in [6.45, 7) is 0.981. The highest BCUT2D eigenvalue weighted by molar-refractivity contribution is 7.92. The van der Waals surface area contributed by atoms with Gasteiger partial charge in [-0.2, -0.15) is 0 Å². The van der Waals surface area contributed by atoms with Gasteiger partial charge in [-0.15, -0.1) is 0 Å². The Morgan fingerprint density at radius 2 is 1.81 bits per heavy atom. The summed E-state index contributed by atoms with van der Waals surface area (Å²) in [7, 11) is -2.35. The van der Waals surface area contributed by atoms with Crippen molar-refractivity contribution in [2.45, 2.75) is 13.0 Å². The molecule has 0 bridgehead atoms. The number of halogens is 1. The molecule has 3 N–H and O–H groups in total. The SMILES string of the molecule is CNC(=O)c1c(-c2ccc(F)cc2)oc2cc(N(CCO)S(C)(=O)=O)c(-c3cccc(C(C)O)c3)cc12. The van der Waals surface area contributed by atoms with Crippen LogP contribution in [0.25, 0.3) is 33.4 Å². The predicted molar refractivity (Wildman–Crippen MR) is 140 cm³/mol.